The molecule has 0 bridgehead atoms. The second-order valence-electron chi connectivity index (χ2n) is 6.78. The third-order valence-electron chi connectivity index (χ3n) is 5.14. The minimum absolute atomic E-state index is 0.264. The SMILES string of the molecule is CN1CCN(C2=Cc3cc(F)ccc3C(=CC#N)c3ccccc32)CC1. The van der Waals surface area contributed by atoms with E-state index in [0.717, 1.165) is 59.7 Å². The largest absolute Gasteiger partial charge is 0.368 e. The monoisotopic (exact) mass is 345 g/mol. The predicted octanol–water partition coefficient (Wildman–Crippen LogP) is 3.84. The molecule has 1 saturated heterocycles. The Kier molecular flexibility index (Phi) is 4.32. The average Bonchev–Trinajstić information content (AvgIpc) is 2.78. The third-order valence-corrected chi connectivity index (χ3v) is 5.14. The molecule has 0 radical (unpaired) electrons. The molecule has 4 rings (SSSR count). The van der Waals surface area contributed by atoms with Crippen molar-refractivity contribution in [1.29, 1.82) is 5.26 Å². The van der Waals surface area contributed by atoms with E-state index in [1.165, 1.54) is 6.07 Å². The zero-order valence-electron chi connectivity index (χ0n) is 14.7. The lowest BCUT2D eigenvalue weighted by Gasteiger charge is -2.36. The van der Waals surface area contributed by atoms with Crippen LogP contribution in [0.5, 0.6) is 0 Å². The molecular formula is C22H20FN3. The van der Waals surface area contributed by atoms with E-state index in [1.54, 1.807) is 18.2 Å². The quantitative estimate of drug-likeness (QED) is 0.736. The first-order valence-electron chi connectivity index (χ1n) is 8.82. The van der Waals surface area contributed by atoms with Crippen LogP contribution in [0, 0.1) is 17.1 Å². The van der Waals surface area contributed by atoms with E-state index in [1.807, 2.05) is 18.2 Å². The number of fused-ring (bicyclic) bond motifs is 2. The summed E-state index contributed by atoms with van der Waals surface area (Å²) >= 11 is 0. The van der Waals surface area contributed by atoms with E-state index in [0.29, 0.717) is 0 Å². The van der Waals surface area contributed by atoms with Crippen LogP contribution in [0.25, 0.3) is 17.3 Å². The standard InChI is InChI=1S/C22H20FN3/c1-25-10-12-26(13-11-25)22-15-16-14-17(23)6-7-18(16)20(8-9-24)19-4-2-3-5-21(19)22/h2-8,14-15H,10-13H2,1H3. The average molecular weight is 345 g/mol. The van der Waals surface area contributed by atoms with Crippen molar-refractivity contribution in [2.45, 2.75) is 0 Å². The highest BCUT2D eigenvalue weighted by Gasteiger charge is 2.24. The summed E-state index contributed by atoms with van der Waals surface area (Å²) in [6.07, 6.45) is 3.64. The number of likely N-dealkylation sites (N-methyl/N-ethyl adjacent to an activating group) is 1. The Labute approximate surface area is 153 Å². The summed E-state index contributed by atoms with van der Waals surface area (Å²) in [4.78, 5) is 4.68. The van der Waals surface area contributed by atoms with Crippen molar-refractivity contribution < 1.29 is 4.39 Å². The highest BCUT2D eigenvalue weighted by Crippen LogP contribution is 2.38. The molecule has 0 spiro atoms. The summed E-state index contributed by atoms with van der Waals surface area (Å²) < 4.78 is 14.0. The normalized spacial score (nSPS) is 18.6. The first-order chi connectivity index (χ1) is 12.7. The van der Waals surface area contributed by atoms with Crippen molar-refractivity contribution in [1.82, 2.24) is 9.80 Å². The molecule has 4 heteroatoms. The fourth-order valence-corrected chi connectivity index (χ4v) is 3.74. The second kappa shape index (κ2) is 6.78. The molecule has 1 fully saturated rings. The van der Waals surface area contributed by atoms with Gasteiger partial charge in [-0.25, -0.2) is 4.39 Å². The molecule has 0 unspecified atom stereocenters. The first kappa shape index (κ1) is 16.6. The summed E-state index contributed by atoms with van der Waals surface area (Å²) in [7, 11) is 2.13. The Morgan fingerprint density at radius 1 is 1.00 bits per heavy atom. The minimum Gasteiger partial charge on any atom is -0.368 e. The molecule has 3 nitrogen and oxygen atoms in total. The number of allylic oxidation sites excluding steroid dienone is 1. The van der Waals surface area contributed by atoms with Gasteiger partial charge >= 0.3 is 0 Å². The van der Waals surface area contributed by atoms with Crippen molar-refractivity contribution >= 4 is 17.3 Å². The number of piperazine rings is 1. The van der Waals surface area contributed by atoms with Crippen LogP contribution in [0.15, 0.2) is 48.5 Å². The Hall–Kier alpha value is -2.90. The second-order valence-corrected chi connectivity index (χ2v) is 6.78. The van der Waals surface area contributed by atoms with Gasteiger partial charge < -0.3 is 9.80 Å². The zero-order valence-corrected chi connectivity index (χ0v) is 14.7. The van der Waals surface area contributed by atoms with Gasteiger partial charge in [-0.1, -0.05) is 30.3 Å². The lowest BCUT2D eigenvalue weighted by Crippen LogP contribution is -2.43. The highest BCUT2D eigenvalue weighted by atomic mass is 19.1. The third kappa shape index (κ3) is 2.91. The Balaban J connectivity index is 1.94. The molecule has 2 aromatic rings. The molecule has 0 saturated carbocycles. The van der Waals surface area contributed by atoms with Crippen molar-refractivity contribution in [2.24, 2.45) is 0 Å². The number of nitriles is 1. The maximum absolute atomic E-state index is 14.0. The maximum Gasteiger partial charge on any atom is 0.123 e. The molecule has 1 aliphatic heterocycles. The first-order valence-corrected chi connectivity index (χ1v) is 8.82. The number of halogens is 1. The summed E-state index contributed by atoms with van der Waals surface area (Å²) in [5.74, 6) is -0.264. The van der Waals surface area contributed by atoms with E-state index in [-0.39, 0.29) is 5.82 Å². The Morgan fingerprint density at radius 2 is 1.73 bits per heavy atom. The number of benzene rings is 2. The van der Waals surface area contributed by atoms with Crippen molar-refractivity contribution in [3.63, 3.8) is 0 Å². The van der Waals surface area contributed by atoms with Gasteiger partial charge in [-0.05, 0) is 41.9 Å². The molecule has 2 aliphatic rings. The van der Waals surface area contributed by atoms with Crippen LogP contribution in [-0.2, 0) is 0 Å². The van der Waals surface area contributed by atoms with E-state index in [4.69, 9.17) is 0 Å². The van der Waals surface area contributed by atoms with Crippen molar-refractivity contribution in [3.8, 4) is 6.07 Å². The molecule has 130 valence electrons. The van der Waals surface area contributed by atoms with Crippen LogP contribution in [0.3, 0.4) is 0 Å². The van der Waals surface area contributed by atoms with E-state index in [2.05, 4.69) is 35.1 Å². The van der Waals surface area contributed by atoms with Gasteiger partial charge in [0, 0.05) is 49.1 Å². The molecule has 1 aliphatic carbocycles. The van der Waals surface area contributed by atoms with E-state index in [9.17, 15) is 9.65 Å². The van der Waals surface area contributed by atoms with Crippen molar-refractivity contribution in [2.75, 3.05) is 33.2 Å². The topological polar surface area (TPSA) is 30.3 Å². The van der Waals surface area contributed by atoms with Crippen LogP contribution in [0.4, 0.5) is 4.39 Å². The van der Waals surface area contributed by atoms with E-state index < -0.39 is 0 Å². The number of rotatable bonds is 1. The number of nitrogens with zero attached hydrogens (tertiary/aromatic N) is 3. The zero-order chi connectivity index (χ0) is 18.1. The smallest absolute Gasteiger partial charge is 0.123 e. The fraction of sp³-hybridized carbons (Fsp3) is 0.227. The van der Waals surface area contributed by atoms with Crippen LogP contribution >= 0.6 is 0 Å². The lowest BCUT2D eigenvalue weighted by atomic mass is 9.93. The van der Waals surface area contributed by atoms with Gasteiger partial charge in [0.2, 0.25) is 0 Å². The van der Waals surface area contributed by atoms with Gasteiger partial charge in [0.05, 0.1) is 6.07 Å². The van der Waals surface area contributed by atoms with Crippen molar-refractivity contribution in [3.05, 3.63) is 76.6 Å². The van der Waals surface area contributed by atoms with Crippen LogP contribution in [0.2, 0.25) is 0 Å². The van der Waals surface area contributed by atoms with Crippen LogP contribution in [-0.4, -0.2) is 43.0 Å². The van der Waals surface area contributed by atoms with Gasteiger partial charge in [0.25, 0.3) is 0 Å². The molecule has 1 heterocycles. The van der Waals surface area contributed by atoms with Crippen LogP contribution < -0.4 is 0 Å². The maximum atomic E-state index is 14.0. The Bertz CT molecular complexity index is 944. The summed E-state index contributed by atoms with van der Waals surface area (Å²) in [6.45, 7) is 3.85. The molecule has 0 atom stereocenters. The minimum atomic E-state index is -0.264. The van der Waals surface area contributed by atoms with Gasteiger partial charge in [-0.3, -0.25) is 0 Å². The molecule has 2 aromatic carbocycles. The van der Waals surface area contributed by atoms with E-state index >= 15 is 0 Å². The molecule has 0 aromatic heterocycles. The Morgan fingerprint density at radius 3 is 2.46 bits per heavy atom. The molecule has 0 N–H and O–H groups in total. The molecule has 0 amide bonds. The summed E-state index contributed by atoms with van der Waals surface area (Å²) in [5.41, 5.74) is 5.77. The predicted molar refractivity (Wildman–Crippen MR) is 102 cm³/mol. The van der Waals surface area contributed by atoms with Crippen LogP contribution in [0.1, 0.15) is 22.3 Å². The van der Waals surface area contributed by atoms with Gasteiger partial charge in [0.1, 0.15) is 5.82 Å². The molecule has 26 heavy (non-hydrogen) atoms. The van der Waals surface area contributed by atoms with Gasteiger partial charge in [-0.2, -0.15) is 5.26 Å². The fourth-order valence-electron chi connectivity index (χ4n) is 3.74. The molecular weight excluding hydrogens is 325 g/mol. The lowest BCUT2D eigenvalue weighted by molar-refractivity contribution is 0.208. The van der Waals surface area contributed by atoms with Gasteiger partial charge in [-0.15, -0.1) is 0 Å². The number of hydrogen-bond acceptors (Lipinski definition) is 3. The summed E-state index contributed by atoms with van der Waals surface area (Å²) in [5, 5.41) is 9.33. The van der Waals surface area contributed by atoms with Gasteiger partial charge in [0.15, 0.2) is 0 Å². The summed E-state index contributed by atoms with van der Waals surface area (Å²) in [6, 6.07) is 15.1. The number of hydrogen-bond donors (Lipinski definition) is 0. The highest BCUT2D eigenvalue weighted by molar-refractivity contribution is 5.98.